The molecule has 2 amide bonds. The molecule has 0 atom stereocenters. The molecule has 3 rings (SSSR count). The van der Waals surface area contributed by atoms with Gasteiger partial charge in [0, 0.05) is 22.6 Å². The number of halogens is 1. The molecule has 0 fully saturated rings. The number of benzene rings is 2. The summed E-state index contributed by atoms with van der Waals surface area (Å²) in [6.07, 6.45) is 0. The van der Waals surface area contributed by atoms with E-state index in [1.807, 2.05) is 26.0 Å². The highest BCUT2D eigenvalue weighted by Gasteiger charge is 2.17. The minimum Gasteiger partial charge on any atom is -0.421 e. The zero-order chi connectivity index (χ0) is 18.7. The summed E-state index contributed by atoms with van der Waals surface area (Å²) < 4.78 is 5.31. The second kappa shape index (κ2) is 7.49. The minimum atomic E-state index is -0.627. The van der Waals surface area contributed by atoms with E-state index in [2.05, 4.69) is 16.0 Å². The maximum atomic E-state index is 12.4. The Hall–Kier alpha value is -2.99. The largest absolute Gasteiger partial charge is 0.421 e. The molecule has 3 aromatic rings. The molecule has 0 aliphatic carbocycles. The van der Waals surface area contributed by atoms with Gasteiger partial charge in [-0.3, -0.25) is 5.32 Å². The molecular formula is C19H18ClN3O3. The van der Waals surface area contributed by atoms with Crippen molar-refractivity contribution in [2.24, 2.45) is 0 Å². The third kappa shape index (κ3) is 3.65. The van der Waals surface area contributed by atoms with Gasteiger partial charge in [-0.25, -0.2) is 9.59 Å². The monoisotopic (exact) mass is 371 g/mol. The fourth-order valence-electron chi connectivity index (χ4n) is 2.62. The number of para-hydroxylation sites is 1. The van der Waals surface area contributed by atoms with Gasteiger partial charge in [-0.05, 0) is 43.7 Å². The minimum absolute atomic E-state index is 0.0581. The fraction of sp³-hybridized carbons (Fsp3) is 0.158. The molecule has 6 nitrogen and oxygen atoms in total. The second-order valence-electron chi connectivity index (χ2n) is 5.70. The van der Waals surface area contributed by atoms with Crippen LogP contribution in [0.1, 0.15) is 12.5 Å². The molecular weight excluding hydrogens is 354 g/mol. The summed E-state index contributed by atoms with van der Waals surface area (Å²) in [5, 5.41) is 9.63. The van der Waals surface area contributed by atoms with Gasteiger partial charge in [-0.15, -0.1) is 0 Å². The molecule has 3 N–H and O–H groups in total. The molecule has 7 heteroatoms. The molecule has 0 bridgehead atoms. The molecule has 0 spiro atoms. The van der Waals surface area contributed by atoms with Crippen molar-refractivity contribution in [1.82, 2.24) is 0 Å². The highest BCUT2D eigenvalue weighted by atomic mass is 35.5. The summed E-state index contributed by atoms with van der Waals surface area (Å²) in [6, 6.07) is 11.8. The lowest BCUT2D eigenvalue weighted by Crippen LogP contribution is -2.25. The summed E-state index contributed by atoms with van der Waals surface area (Å²) in [5.41, 5.74) is 1.81. The van der Waals surface area contributed by atoms with Gasteiger partial charge < -0.3 is 15.1 Å². The Kier molecular flexibility index (Phi) is 5.14. The van der Waals surface area contributed by atoms with E-state index in [1.165, 1.54) is 0 Å². The fourth-order valence-corrected chi connectivity index (χ4v) is 2.79. The summed E-state index contributed by atoms with van der Waals surface area (Å²) in [7, 11) is 0. The number of hydrogen-bond donors (Lipinski definition) is 3. The number of anilines is 3. The molecule has 1 aromatic heterocycles. The van der Waals surface area contributed by atoms with E-state index in [-0.39, 0.29) is 5.69 Å². The smallest absolute Gasteiger partial charge is 0.362 e. The lowest BCUT2D eigenvalue weighted by Gasteiger charge is -2.14. The number of urea groups is 1. The van der Waals surface area contributed by atoms with Crippen LogP contribution in [0.25, 0.3) is 11.0 Å². The van der Waals surface area contributed by atoms with Crippen molar-refractivity contribution >= 4 is 45.7 Å². The zero-order valence-electron chi connectivity index (χ0n) is 14.4. The van der Waals surface area contributed by atoms with E-state index in [0.29, 0.717) is 33.9 Å². The van der Waals surface area contributed by atoms with E-state index in [9.17, 15) is 9.59 Å². The maximum Gasteiger partial charge on any atom is 0.362 e. The lowest BCUT2D eigenvalue weighted by atomic mass is 10.2. The van der Waals surface area contributed by atoms with Gasteiger partial charge in [0.05, 0.1) is 5.69 Å². The van der Waals surface area contributed by atoms with Crippen molar-refractivity contribution in [3.8, 4) is 0 Å². The average Bonchev–Trinajstić information content (AvgIpc) is 2.61. The van der Waals surface area contributed by atoms with Crippen molar-refractivity contribution in [3.05, 3.63) is 63.5 Å². The van der Waals surface area contributed by atoms with Gasteiger partial charge in [-0.1, -0.05) is 29.8 Å². The van der Waals surface area contributed by atoms with Crippen LogP contribution < -0.4 is 21.6 Å². The third-order valence-electron chi connectivity index (χ3n) is 3.85. The number of aryl methyl sites for hydroxylation is 1. The van der Waals surface area contributed by atoms with Gasteiger partial charge in [0.15, 0.2) is 5.69 Å². The van der Waals surface area contributed by atoms with Gasteiger partial charge in [0.2, 0.25) is 0 Å². The highest BCUT2D eigenvalue weighted by molar-refractivity contribution is 6.31. The standard InChI is InChI=1S/C19H18ClN3O3/c1-3-21-16-13-6-4-5-7-15(13)26-18(24)17(16)23-19(25)22-14-10-12(20)9-8-11(14)2/h4-10,21H,3H2,1-2H3,(H2,22,23,25). The van der Waals surface area contributed by atoms with Crippen molar-refractivity contribution in [2.45, 2.75) is 13.8 Å². The third-order valence-corrected chi connectivity index (χ3v) is 4.09. The molecule has 0 unspecified atom stereocenters. The van der Waals surface area contributed by atoms with Crippen LogP contribution >= 0.6 is 11.6 Å². The molecule has 0 aliphatic rings. The first-order valence-corrected chi connectivity index (χ1v) is 8.51. The van der Waals surface area contributed by atoms with Crippen LogP contribution in [-0.4, -0.2) is 12.6 Å². The maximum absolute atomic E-state index is 12.4. The predicted molar refractivity (Wildman–Crippen MR) is 105 cm³/mol. The molecule has 0 aliphatic heterocycles. The van der Waals surface area contributed by atoms with Crippen molar-refractivity contribution < 1.29 is 9.21 Å². The molecule has 26 heavy (non-hydrogen) atoms. The van der Waals surface area contributed by atoms with Crippen LogP contribution in [0, 0.1) is 6.92 Å². The predicted octanol–water partition coefficient (Wildman–Crippen LogP) is 4.83. The van der Waals surface area contributed by atoms with Crippen LogP contribution in [-0.2, 0) is 0 Å². The Balaban J connectivity index is 1.96. The van der Waals surface area contributed by atoms with Crippen LogP contribution in [0.4, 0.5) is 21.9 Å². The molecule has 0 saturated carbocycles. The quantitative estimate of drug-likeness (QED) is 0.573. The number of nitrogens with one attached hydrogen (secondary N) is 3. The number of carbonyl (C=O) groups is 1. The molecule has 1 heterocycles. The van der Waals surface area contributed by atoms with Crippen LogP contribution in [0.15, 0.2) is 51.7 Å². The summed E-state index contributed by atoms with van der Waals surface area (Å²) in [4.78, 5) is 24.8. The normalized spacial score (nSPS) is 10.6. The number of hydrogen-bond acceptors (Lipinski definition) is 4. The Labute approximate surface area is 155 Å². The molecule has 2 aromatic carbocycles. The first-order chi connectivity index (χ1) is 12.5. The van der Waals surface area contributed by atoms with Crippen LogP contribution in [0.3, 0.4) is 0 Å². The van der Waals surface area contributed by atoms with Crippen LogP contribution in [0.2, 0.25) is 5.02 Å². The Bertz CT molecular complexity index is 1030. The highest BCUT2D eigenvalue weighted by Crippen LogP contribution is 2.28. The lowest BCUT2D eigenvalue weighted by molar-refractivity contribution is 0.262. The second-order valence-corrected chi connectivity index (χ2v) is 6.14. The molecule has 0 saturated heterocycles. The van der Waals surface area contributed by atoms with Crippen LogP contribution in [0.5, 0.6) is 0 Å². The van der Waals surface area contributed by atoms with E-state index >= 15 is 0 Å². The Morgan fingerprint density at radius 3 is 2.65 bits per heavy atom. The number of fused-ring (bicyclic) bond motifs is 1. The molecule has 134 valence electrons. The van der Waals surface area contributed by atoms with Gasteiger partial charge in [0.25, 0.3) is 0 Å². The first kappa shape index (κ1) is 17.8. The SMILES string of the molecule is CCNc1c(NC(=O)Nc2cc(Cl)ccc2C)c(=O)oc2ccccc12. The first-order valence-electron chi connectivity index (χ1n) is 8.13. The van der Waals surface area contributed by atoms with Crippen molar-refractivity contribution in [1.29, 1.82) is 0 Å². The Morgan fingerprint density at radius 1 is 1.12 bits per heavy atom. The molecule has 0 radical (unpaired) electrons. The van der Waals surface area contributed by atoms with Gasteiger partial charge in [-0.2, -0.15) is 0 Å². The van der Waals surface area contributed by atoms with Gasteiger partial charge in [0.1, 0.15) is 5.58 Å². The average molecular weight is 372 g/mol. The Morgan fingerprint density at radius 2 is 1.88 bits per heavy atom. The van der Waals surface area contributed by atoms with E-state index < -0.39 is 11.7 Å². The zero-order valence-corrected chi connectivity index (χ0v) is 15.1. The summed E-state index contributed by atoms with van der Waals surface area (Å²) in [6.45, 7) is 4.33. The van der Waals surface area contributed by atoms with E-state index in [1.54, 1.807) is 30.3 Å². The van der Waals surface area contributed by atoms with Crippen molar-refractivity contribution in [2.75, 3.05) is 22.5 Å². The van der Waals surface area contributed by atoms with Gasteiger partial charge >= 0.3 is 11.7 Å². The summed E-state index contributed by atoms with van der Waals surface area (Å²) >= 11 is 5.97. The topological polar surface area (TPSA) is 83.4 Å². The summed E-state index contributed by atoms with van der Waals surface area (Å²) in [5.74, 6) is 0. The van der Waals surface area contributed by atoms with E-state index in [0.717, 1.165) is 5.56 Å². The number of amides is 2. The number of carbonyl (C=O) groups excluding carboxylic acids is 1. The van der Waals surface area contributed by atoms with E-state index in [4.69, 9.17) is 16.0 Å². The number of rotatable bonds is 4. The van der Waals surface area contributed by atoms with Crippen molar-refractivity contribution in [3.63, 3.8) is 0 Å².